The molecule has 0 unspecified atom stereocenters. The summed E-state index contributed by atoms with van der Waals surface area (Å²) in [7, 11) is 0. The molecular weight excluding hydrogens is 296 g/mol. The molecule has 24 heavy (non-hydrogen) atoms. The molecule has 3 heteroatoms. The van der Waals surface area contributed by atoms with Gasteiger partial charge in [0, 0.05) is 43.7 Å². The predicted octanol–water partition coefficient (Wildman–Crippen LogP) is 3.78. The van der Waals surface area contributed by atoms with Crippen LogP contribution in [0.2, 0.25) is 0 Å². The van der Waals surface area contributed by atoms with E-state index in [0.29, 0.717) is 11.0 Å². The molecule has 2 heterocycles. The van der Waals surface area contributed by atoms with E-state index < -0.39 is 0 Å². The molecule has 0 aromatic heterocycles. The molecule has 0 saturated carbocycles. The Labute approximate surface area is 148 Å². The summed E-state index contributed by atoms with van der Waals surface area (Å²) in [4.78, 5) is 5.13. The zero-order valence-corrected chi connectivity index (χ0v) is 16.4. The first-order valence-corrected chi connectivity index (χ1v) is 9.28. The molecule has 1 aromatic rings. The van der Waals surface area contributed by atoms with Crippen LogP contribution in [0.25, 0.3) is 0 Å². The minimum absolute atomic E-state index is 0.173. The number of ether oxygens (including phenoxy) is 1. The largest absolute Gasteiger partial charge is 0.492 e. The molecule has 1 aromatic carbocycles. The van der Waals surface area contributed by atoms with Gasteiger partial charge in [0.1, 0.15) is 12.4 Å². The lowest BCUT2D eigenvalue weighted by molar-refractivity contribution is -0.145. The van der Waals surface area contributed by atoms with Crippen molar-refractivity contribution < 1.29 is 4.74 Å². The molecule has 3 nitrogen and oxygen atoms in total. The SMILES string of the molecule is CC(C)(C)c1cccc(OCCN2CC3(C2)CN(C(C)(C)C)C3)c1. The number of hydrogen-bond acceptors (Lipinski definition) is 3. The highest BCUT2D eigenvalue weighted by molar-refractivity contribution is 5.32. The summed E-state index contributed by atoms with van der Waals surface area (Å²) in [5.41, 5.74) is 2.42. The van der Waals surface area contributed by atoms with Gasteiger partial charge in [0.2, 0.25) is 0 Å². The second kappa shape index (κ2) is 6.03. The van der Waals surface area contributed by atoms with E-state index in [4.69, 9.17) is 4.74 Å². The Morgan fingerprint density at radius 2 is 1.67 bits per heavy atom. The van der Waals surface area contributed by atoms with Gasteiger partial charge in [-0.15, -0.1) is 0 Å². The maximum Gasteiger partial charge on any atom is 0.119 e. The average molecular weight is 331 g/mol. The molecule has 2 saturated heterocycles. The smallest absolute Gasteiger partial charge is 0.119 e. The molecule has 134 valence electrons. The molecule has 2 fully saturated rings. The minimum atomic E-state index is 0.173. The highest BCUT2D eigenvalue weighted by Crippen LogP contribution is 2.42. The lowest BCUT2D eigenvalue weighted by Crippen LogP contribution is -2.74. The minimum Gasteiger partial charge on any atom is -0.492 e. The van der Waals surface area contributed by atoms with E-state index in [0.717, 1.165) is 18.9 Å². The number of benzene rings is 1. The third-order valence-corrected chi connectivity index (χ3v) is 5.50. The summed E-state index contributed by atoms with van der Waals surface area (Å²) in [5, 5.41) is 0. The average Bonchev–Trinajstić information content (AvgIpc) is 2.37. The number of likely N-dealkylation sites (tertiary alicyclic amines) is 2. The second-order valence-corrected chi connectivity index (χ2v) is 9.86. The van der Waals surface area contributed by atoms with Crippen LogP contribution in [0.5, 0.6) is 5.75 Å². The van der Waals surface area contributed by atoms with E-state index in [1.807, 2.05) is 0 Å². The number of hydrogen-bond donors (Lipinski definition) is 0. The van der Waals surface area contributed by atoms with Gasteiger partial charge in [-0.05, 0) is 43.9 Å². The molecule has 1 spiro atoms. The first-order valence-electron chi connectivity index (χ1n) is 9.28. The fourth-order valence-corrected chi connectivity index (χ4v) is 3.84. The van der Waals surface area contributed by atoms with Gasteiger partial charge < -0.3 is 4.74 Å². The molecule has 0 radical (unpaired) electrons. The van der Waals surface area contributed by atoms with Crippen LogP contribution in [-0.2, 0) is 5.41 Å². The predicted molar refractivity (Wildman–Crippen MR) is 101 cm³/mol. The molecule has 2 aliphatic heterocycles. The maximum absolute atomic E-state index is 5.99. The van der Waals surface area contributed by atoms with E-state index >= 15 is 0 Å². The molecule has 0 bridgehead atoms. The summed E-state index contributed by atoms with van der Waals surface area (Å²) in [6.45, 7) is 20.5. The Morgan fingerprint density at radius 1 is 1.00 bits per heavy atom. The Kier molecular flexibility index (Phi) is 4.46. The van der Waals surface area contributed by atoms with Crippen molar-refractivity contribution in [2.75, 3.05) is 39.3 Å². The molecule has 0 atom stereocenters. The Bertz CT molecular complexity index is 568. The maximum atomic E-state index is 5.99. The Hall–Kier alpha value is -1.06. The van der Waals surface area contributed by atoms with Crippen molar-refractivity contribution in [3.05, 3.63) is 29.8 Å². The normalized spacial score (nSPS) is 21.4. The van der Waals surface area contributed by atoms with Crippen molar-refractivity contribution in [2.45, 2.75) is 52.5 Å². The van der Waals surface area contributed by atoms with Crippen LogP contribution >= 0.6 is 0 Å². The monoisotopic (exact) mass is 330 g/mol. The van der Waals surface area contributed by atoms with E-state index in [9.17, 15) is 0 Å². The van der Waals surface area contributed by atoms with E-state index in [2.05, 4.69) is 75.6 Å². The van der Waals surface area contributed by atoms with Crippen molar-refractivity contribution in [1.82, 2.24) is 9.80 Å². The molecule has 3 rings (SSSR count). The molecule has 0 aliphatic carbocycles. The van der Waals surface area contributed by atoms with Gasteiger partial charge >= 0.3 is 0 Å². The van der Waals surface area contributed by atoms with Gasteiger partial charge in [-0.25, -0.2) is 0 Å². The topological polar surface area (TPSA) is 15.7 Å². The number of nitrogens with zero attached hydrogens (tertiary/aromatic N) is 2. The summed E-state index contributed by atoms with van der Waals surface area (Å²) in [6.07, 6.45) is 0. The van der Waals surface area contributed by atoms with Gasteiger partial charge in [0.05, 0.1) is 0 Å². The van der Waals surface area contributed by atoms with Crippen molar-refractivity contribution in [3.8, 4) is 5.75 Å². The highest BCUT2D eigenvalue weighted by atomic mass is 16.5. The Balaban J connectivity index is 1.39. The molecule has 0 N–H and O–H groups in total. The standard InChI is InChI=1S/C21H34N2O/c1-19(2,3)17-8-7-9-18(12-17)24-11-10-22-13-21(14-22)15-23(16-21)20(4,5)6/h7-9,12H,10-11,13-16H2,1-6H3. The lowest BCUT2D eigenvalue weighted by atomic mass is 9.71. The van der Waals surface area contributed by atoms with Crippen LogP contribution < -0.4 is 4.74 Å². The lowest BCUT2D eigenvalue weighted by Gasteiger charge is -2.63. The van der Waals surface area contributed by atoms with Crippen LogP contribution in [0.4, 0.5) is 0 Å². The van der Waals surface area contributed by atoms with Crippen LogP contribution in [0.3, 0.4) is 0 Å². The summed E-state index contributed by atoms with van der Waals surface area (Å²) in [5.74, 6) is 1.00. The van der Waals surface area contributed by atoms with Crippen molar-refractivity contribution in [2.24, 2.45) is 5.41 Å². The van der Waals surface area contributed by atoms with Crippen LogP contribution in [-0.4, -0.2) is 54.7 Å². The Morgan fingerprint density at radius 3 is 2.25 bits per heavy atom. The summed E-state index contributed by atoms with van der Waals surface area (Å²) in [6, 6.07) is 8.54. The number of rotatable bonds is 4. The van der Waals surface area contributed by atoms with Crippen LogP contribution in [0.15, 0.2) is 24.3 Å². The first kappa shape index (κ1) is 17.8. The van der Waals surface area contributed by atoms with E-state index in [1.54, 1.807) is 0 Å². The van der Waals surface area contributed by atoms with Crippen molar-refractivity contribution in [1.29, 1.82) is 0 Å². The summed E-state index contributed by atoms with van der Waals surface area (Å²) < 4.78 is 5.99. The second-order valence-electron chi connectivity index (χ2n) is 9.86. The van der Waals surface area contributed by atoms with E-state index in [1.165, 1.54) is 31.7 Å². The van der Waals surface area contributed by atoms with Crippen molar-refractivity contribution >= 4 is 0 Å². The van der Waals surface area contributed by atoms with E-state index in [-0.39, 0.29) is 5.41 Å². The van der Waals surface area contributed by atoms with Gasteiger partial charge in [-0.1, -0.05) is 32.9 Å². The zero-order chi connectivity index (χ0) is 17.6. The molecule has 0 amide bonds. The third kappa shape index (κ3) is 3.78. The fraction of sp³-hybridized carbons (Fsp3) is 0.714. The van der Waals surface area contributed by atoms with Crippen LogP contribution in [0.1, 0.15) is 47.1 Å². The highest BCUT2D eigenvalue weighted by Gasteiger charge is 2.53. The van der Waals surface area contributed by atoms with Gasteiger partial charge in [-0.2, -0.15) is 0 Å². The van der Waals surface area contributed by atoms with Crippen molar-refractivity contribution in [3.63, 3.8) is 0 Å². The van der Waals surface area contributed by atoms with Gasteiger partial charge in [-0.3, -0.25) is 9.80 Å². The zero-order valence-electron chi connectivity index (χ0n) is 16.4. The fourth-order valence-electron chi connectivity index (χ4n) is 3.84. The molecular formula is C21H34N2O. The summed E-state index contributed by atoms with van der Waals surface area (Å²) >= 11 is 0. The molecule has 2 aliphatic rings. The first-order chi connectivity index (χ1) is 11.1. The van der Waals surface area contributed by atoms with Gasteiger partial charge in [0.15, 0.2) is 0 Å². The quantitative estimate of drug-likeness (QED) is 0.835. The van der Waals surface area contributed by atoms with Crippen LogP contribution in [0, 0.1) is 5.41 Å². The van der Waals surface area contributed by atoms with Gasteiger partial charge in [0.25, 0.3) is 0 Å². The third-order valence-electron chi connectivity index (χ3n) is 5.50.